The van der Waals surface area contributed by atoms with Crippen LogP contribution in [0.1, 0.15) is 5.56 Å². The molecule has 64 valence electrons. The normalized spacial score (nSPS) is 7.75. The fourth-order valence-corrected chi connectivity index (χ4v) is 0.614. The van der Waals surface area contributed by atoms with Crippen molar-refractivity contribution in [2.75, 3.05) is 6.54 Å². The van der Waals surface area contributed by atoms with Gasteiger partial charge in [0.15, 0.2) is 0 Å². The second-order valence-corrected chi connectivity index (χ2v) is 2.05. The second kappa shape index (κ2) is 7.73. The van der Waals surface area contributed by atoms with Gasteiger partial charge in [0.2, 0.25) is 0 Å². The van der Waals surface area contributed by atoms with E-state index in [9.17, 15) is 0 Å². The van der Waals surface area contributed by atoms with Gasteiger partial charge in [-0.2, -0.15) is 5.26 Å². The fraction of sp³-hybridized carbons (Fsp3) is 0.222. The van der Waals surface area contributed by atoms with Gasteiger partial charge in [-0.25, -0.2) is 0 Å². The van der Waals surface area contributed by atoms with Crippen molar-refractivity contribution in [1.82, 2.24) is 0 Å². The van der Waals surface area contributed by atoms with Crippen LogP contribution in [0.5, 0.6) is 0 Å². The number of rotatable bonds is 1. The van der Waals surface area contributed by atoms with Gasteiger partial charge in [-0.15, -0.1) is 0 Å². The van der Waals surface area contributed by atoms with Crippen LogP contribution in [0.25, 0.3) is 0 Å². The van der Waals surface area contributed by atoms with Gasteiger partial charge in [-0.3, -0.25) is 0 Å². The van der Waals surface area contributed by atoms with Crippen LogP contribution in [0, 0.1) is 11.3 Å². The standard InChI is InChI=1S/C7H9N.C2H4N2/c8-6-7-4-2-1-3-5-7;3-1-2-4/h1-5H,6,8H2;1,3H2. The number of benzene rings is 1. The monoisotopic (exact) mass is 163 g/mol. The van der Waals surface area contributed by atoms with Gasteiger partial charge in [-0.05, 0) is 5.56 Å². The minimum Gasteiger partial charge on any atom is -0.326 e. The van der Waals surface area contributed by atoms with Crippen molar-refractivity contribution in [1.29, 1.82) is 5.26 Å². The molecule has 3 heteroatoms. The molecule has 1 aromatic carbocycles. The number of hydrogen-bond donors (Lipinski definition) is 2. The van der Waals surface area contributed by atoms with Gasteiger partial charge in [0, 0.05) is 6.54 Å². The highest BCUT2D eigenvalue weighted by molar-refractivity contribution is 5.13. The highest BCUT2D eigenvalue weighted by Gasteiger charge is 1.80. The van der Waals surface area contributed by atoms with Crippen LogP contribution in [0.4, 0.5) is 0 Å². The summed E-state index contributed by atoms with van der Waals surface area (Å²) in [7, 11) is 0. The van der Waals surface area contributed by atoms with E-state index in [1.165, 1.54) is 5.56 Å². The molecule has 0 unspecified atom stereocenters. The summed E-state index contributed by atoms with van der Waals surface area (Å²) < 4.78 is 0. The van der Waals surface area contributed by atoms with Crippen LogP contribution in [0.3, 0.4) is 0 Å². The van der Waals surface area contributed by atoms with E-state index in [1.54, 1.807) is 6.07 Å². The largest absolute Gasteiger partial charge is 0.326 e. The SMILES string of the molecule is N#CCN.NCc1ccccc1. The van der Waals surface area contributed by atoms with Crippen LogP contribution in [-0.4, -0.2) is 6.54 Å². The molecule has 0 amide bonds. The number of nitrogens with two attached hydrogens (primary N) is 2. The summed E-state index contributed by atoms with van der Waals surface area (Å²) in [5.41, 5.74) is 11.2. The van der Waals surface area contributed by atoms with Gasteiger partial charge in [0.05, 0.1) is 12.6 Å². The molecule has 3 nitrogen and oxygen atoms in total. The van der Waals surface area contributed by atoms with Crippen molar-refractivity contribution in [2.24, 2.45) is 11.5 Å². The molecule has 0 aliphatic carbocycles. The van der Waals surface area contributed by atoms with Gasteiger partial charge < -0.3 is 11.5 Å². The quantitative estimate of drug-likeness (QED) is 0.596. The first-order chi connectivity index (χ1) is 5.85. The highest BCUT2D eigenvalue weighted by Crippen LogP contribution is 1.94. The molecule has 0 heterocycles. The van der Waals surface area contributed by atoms with Crippen LogP contribution < -0.4 is 11.5 Å². The van der Waals surface area contributed by atoms with Gasteiger partial charge in [0.1, 0.15) is 0 Å². The van der Waals surface area contributed by atoms with E-state index in [4.69, 9.17) is 11.0 Å². The lowest BCUT2D eigenvalue weighted by Crippen LogP contribution is -1.94. The lowest BCUT2D eigenvalue weighted by atomic mass is 10.2. The summed E-state index contributed by atoms with van der Waals surface area (Å²) in [4.78, 5) is 0. The summed E-state index contributed by atoms with van der Waals surface area (Å²) in [6, 6.07) is 11.7. The minimum absolute atomic E-state index is 0.125. The summed E-state index contributed by atoms with van der Waals surface area (Å²) in [6.45, 7) is 0.765. The highest BCUT2D eigenvalue weighted by atomic mass is 14.5. The van der Waals surface area contributed by atoms with Crippen molar-refractivity contribution in [3.63, 3.8) is 0 Å². The Balaban J connectivity index is 0.000000261. The molecule has 0 spiro atoms. The second-order valence-electron chi connectivity index (χ2n) is 2.05. The molecule has 0 bridgehead atoms. The first-order valence-electron chi connectivity index (χ1n) is 3.66. The first-order valence-corrected chi connectivity index (χ1v) is 3.66. The maximum Gasteiger partial charge on any atom is 0.0815 e. The van der Waals surface area contributed by atoms with E-state index < -0.39 is 0 Å². The molecule has 0 aromatic heterocycles. The van der Waals surface area contributed by atoms with Crippen LogP contribution in [0.15, 0.2) is 30.3 Å². The molecule has 0 atom stereocenters. The van der Waals surface area contributed by atoms with Crippen LogP contribution in [-0.2, 0) is 6.54 Å². The average molecular weight is 163 g/mol. The molecule has 0 saturated heterocycles. The maximum absolute atomic E-state index is 7.50. The predicted molar refractivity (Wildman–Crippen MR) is 49.0 cm³/mol. The zero-order chi connectivity index (χ0) is 9.23. The van der Waals surface area contributed by atoms with Gasteiger partial charge >= 0.3 is 0 Å². The lowest BCUT2D eigenvalue weighted by molar-refractivity contribution is 1.07. The summed E-state index contributed by atoms with van der Waals surface area (Å²) in [6.07, 6.45) is 0. The Hall–Kier alpha value is -1.37. The smallest absolute Gasteiger partial charge is 0.0815 e. The van der Waals surface area contributed by atoms with Crippen molar-refractivity contribution in [3.05, 3.63) is 35.9 Å². The Morgan fingerprint density at radius 1 is 1.17 bits per heavy atom. The zero-order valence-corrected chi connectivity index (χ0v) is 6.90. The zero-order valence-electron chi connectivity index (χ0n) is 6.90. The molecule has 0 aliphatic heterocycles. The minimum atomic E-state index is 0.125. The topological polar surface area (TPSA) is 75.8 Å². The van der Waals surface area contributed by atoms with E-state index in [1.807, 2.05) is 30.3 Å². The Labute approximate surface area is 72.6 Å². The average Bonchev–Trinajstić information content (AvgIpc) is 2.19. The van der Waals surface area contributed by atoms with Crippen molar-refractivity contribution in [3.8, 4) is 6.07 Å². The Bertz CT molecular complexity index is 225. The van der Waals surface area contributed by atoms with Crippen molar-refractivity contribution in [2.45, 2.75) is 6.54 Å². The Morgan fingerprint density at radius 2 is 1.67 bits per heavy atom. The van der Waals surface area contributed by atoms with Crippen molar-refractivity contribution >= 4 is 0 Å². The molecule has 0 fully saturated rings. The van der Waals surface area contributed by atoms with E-state index in [0.717, 1.165) is 0 Å². The maximum atomic E-state index is 7.50. The fourth-order valence-electron chi connectivity index (χ4n) is 0.614. The molecule has 1 aromatic rings. The number of nitrogens with zero attached hydrogens (tertiary/aromatic N) is 1. The van der Waals surface area contributed by atoms with E-state index >= 15 is 0 Å². The number of nitriles is 1. The lowest BCUT2D eigenvalue weighted by Gasteiger charge is -1.90. The van der Waals surface area contributed by atoms with Crippen LogP contribution >= 0.6 is 0 Å². The van der Waals surface area contributed by atoms with Crippen molar-refractivity contribution < 1.29 is 0 Å². The van der Waals surface area contributed by atoms with Crippen LogP contribution in [0.2, 0.25) is 0 Å². The third-order valence-electron chi connectivity index (χ3n) is 1.17. The molecule has 0 radical (unpaired) electrons. The van der Waals surface area contributed by atoms with E-state index in [0.29, 0.717) is 6.54 Å². The summed E-state index contributed by atoms with van der Waals surface area (Å²) in [5.74, 6) is 0. The van der Waals surface area contributed by atoms with E-state index in [-0.39, 0.29) is 6.54 Å². The molecular formula is C9H13N3. The van der Waals surface area contributed by atoms with Gasteiger partial charge in [0.25, 0.3) is 0 Å². The molecule has 12 heavy (non-hydrogen) atoms. The molecule has 4 N–H and O–H groups in total. The summed E-state index contributed by atoms with van der Waals surface area (Å²) >= 11 is 0. The molecular weight excluding hydrogens is 150 g/mol. The predicted octanol–water partition coefficient (Wildman–Crippen LogP) is 0.614. The summed E-state index contributed by atoms with van der Waals surface area (Å²) in [5, 5.41) is 7.50. The number of hydrogen-bond acceptors (Lipinski definition) is 3. The Morgan fingerprint density at radius 3 is 1.92 bits per heavy atom. The molecule has 1 rings (SSSR count). The Kier molecular flexibility index (Phi) is 6.85. The van der Waals surface area contributed by atoms with E-state index in [2.05, 4.69) is 5.73 Å². The molecule has 0 aliphatic rings. The van der Waals surface area contributed by atoms with Gasteiger partial charge in [-0.1, -0.05) is 30.3 Å². The first kappa shape index (κ1) is 10.6. The molecule has 0 saturated carbocycles. The third-order valence-corrected chi connectivity index (χ3v) is 1.17. The third kappa shape index (κ3) is 5.42.